The predicted molar refractivity (Wildman–Crippen MR) is 47.0 cm³/mol. The zero-order chi connectivity index (χ0) is 9.19. The van der Waals surface area contributed by atoms with Gasteiger partial charge in [-0.25, -0.2) is 4.72 Å². The fourth-order valence-electron chi connectivity index (χ4n) is 1.31. The van der Waals surface area contributed by atoms with Gasteiger partial charge < -0.3 is 5.32 Å². The van der Waals surface area contributed by atoms with Crippen LogP contribution >= 0.6 is 0 Å². The number of hydrogen-bond acceptors (Lipinski definition) is 3. The van der Waals surface area contributed by atoms with Gasteiger partial charge in [0.05, 0.1) is 0 Å². The fourth-order valence-corrected chi connectivity index (χ4v) is 2.29. The highest BCUT2D eigenvalue weighted by Gasteiger charge is 2.29. The van der Waals surface area contributed by atoms with Crippen molar-refractivity contribution in [2.45, 2.75) is 12.5 Å². The Labute approximate surface area is 73.3 Å². The second-order valence-electron chi connectivity index (χ2n) is 2.84. The van der Waals surface area contributed by atoms with E-state index in [1.807, 2.05) is 7.05 Å². The van der Waals surface area contributed by atoms with Crippen LogP contribution in [0.2, 0.25) is 0 Å². The first-order chi connectivity index (χ1) is 5.60. The molecule has 0 radical (unpaired) electrons. The Hall–Kier alpha value is -0.170. The van der Waals surface area contributed by atoms with Crippen LogP contribution in [0.15, 0.2) is 0 Å². The van der Waals surface area contributed by atoms with Crippen molar-refractivity contribution in [2.24, 2.45) is 0 Å². The van der Waals surface area contributed by atoms with Gasteiger partial charge in [0.25, 0.3) is 10.2 Å². The summed E-state index contributed by atoms with van der Waals surface area (Å²) >= 11 is 0. The number of nitrogens with one attached hydrogen (secondary N) is 2. The van der Waals surface area contributed by atoms with Gasteiger partial charge in [-0.15, -0.1) is 0 Å². The van der Waals surface area contributed by atoms with Crippen molar-refractivity contribution in [3.8, 4) is 0 Å². The van der Waals surface area contributed by atoms with Gasteiger partial charge in [0.1, 0.15) is 0 Å². The molecule has 1 saturated heterocycles. The van der Waals surface area contributed by atoms with E-state index in [2.05, 4.69) is 10.0 Å². The molecule has 0 saturated carbocycles. The average molecular weight is 193 g/mol. The molecule has 1 unspecified atom stereocenters. The molecule has 1 aliphatic heterocycles. The van der Waals surface area contributed by atoms with Gasteiger partial charge in [0, 0.05) is 26.2 Å². The third-order valence-corrected chi connectivity index (χ3v) is 3.68. The van der Waals surface area contributed by atoms with Crippen molar-refractivity contribution in [1.82, 2.24) is 14.3 Å². The minimum atomic E-state index is -3.20. The summed E-state index contributed by atoms with van der Waals surface area (Å²) in [5.41, 5.74) is 0. The molecule has 0 aromatic heterocycles. The first kappa shape index (κ1) is 9.91. The maximum absolute atomic E-state index is 11.3. The van der Waals surface area contributed by atoms with Gasteiger partial charge in [-0.3, -0.25) is 0 Å². The molecular formula is C6H15N3O2S. The van der Waals surface area contributed by atoms with Crippen molar-refractivity contribution in [3.63, 3.8) is 0 Å². The molecule has 1 rings (SSSR count). The lowest BCUT2D eigenvalue weighted by Gasteiger charge is -2.14. The molecule has 1 aliphatic rings. The molecule has 0 aliphatic carbocycles. The van der Waals surface area contributed by atoms with E-state index in [1.165, 1.54) is 11.4 Å². The normalized spacial score (nSPS) is 26.3. The van der Waals surface area contributed by atoms with Crippen LogP contribution in [-0.2, 0) is 10.2 Å². The Kier molecular flexibility index (Phi) is 3.05. The van der Waals surface area contributed by atoms with Crippen molar-refractivity contribution < 1.29 is 8.42 Å². The molecule has 5 nitrogen and oxygen atoms in total. The molecule has 0 amide bonds. The number of likely N-dealkylation sites (N-methyl/N-ethyl adjacent to an activating group) is 1. The molecule has 72 valence electrons. The maximum Gasteiger partial charge on any atom is 0.279 e. The van der Waals surface area contributed by atoms with Crippen LogP contribution in [0.25, 0.3) is 0 Å². The van der Waals surface area contributed by atoms with E-state index in [9.17, 15) is 8.42 Å². The third-order valence-electron chi connectivity index (χ3n) is 2.16. The van der Waals surface area contributed by atoms with Crippen LogP contribution in [0.5, 0.6) is 0 Å². The van der Waals surface area contributed by atoms with Gasteiger partial charge >= 0.3 is 0 Å². The summed E-state index contributed by atoms with van der Waals surface area (Å²) in [5, 5.41) is 3.06. The third kappa shape index (κ3) is 1.95. The highest BCUT2D eigenvalue weighted by Crippen LogP contribution is 2.11. The second-order valence-corrected chi connectivity index (χ2v) is 4.72. The van der Waals surface area contributed by atoms with Gasteiger partial charge in [-0.05, 0) is 13.5 Å². The minimum Gasteiger partial charge on any atom is -0.316 e. The number of rotatable bonds is 3. The van der Waals surface area contributed by atoms with Crippen LogP contribution in [0, 0.1) is 0 Å². The summed E-state index contributed by atoms with van der Waals surface area (Å²) in [6.07, 6.45) is 0.886. The molecule has 0 aromatic carbocycles. The van der Waals surface area contributed by atoms with Crippen LogP contribution in [0.1, 0.15) is 6.42 Å². The first-order valence-electron chi connectivity index (χ1n) is 3.96. The van der Waals surface area contributed by atoms with Crippen molar-refractivity contribution >= 4 is 10.2 Å². The highest BCUT2D eigenvalue weighted by atomic mass is 32.2. The van der Waals surface area contributed by atoms with Crippen molar-refractivity contribution in [3.05, 3.63) is 0 Å². The van der Waals surface area contributed by atoms with E-state index in [1.54, 1.807) is 0 Å². The Morgan fingerprint density at radius 3 is 2.50 bits per heavy atom. The summed E-state index contributed by atoms with van der Waals surface area (Å²) in [5.74, 6) is 0. The zero-order valence-electron chi connectivity index (χ0n) is 7.37. The summed E-state index contributed by atoms with van der Waals surface area (Å²) in [4.78, 5) is 0. The van der Waals surface area contributed by atoms with Crippen LogP contribution in [-0.4, -0.2) is 45.9 Å². The maximum atomic E-state index is 11.3. The molecule has 12 heavy (non-hydrogen) atoms. The van der Waals surface area contributed by atoms with Gasteiger partial charge in [-0.2, -0.15) is 12.7 Å². The zero-order valence-corrected chi connectivity index (χ0v) is 8.19. The van der Waals surface area contributed by atoms with E-state index < -0.39 is 10.2 Å². The summed E-state index contributed by atoms with van der Waals surface area (Å²) in [6, 6.07) is 0.299. The topological polar surface area (TPSA) is 61.4 Å². The Morgan fingerprint density at radius 2 is 2.08 bits per heavy atom. The lowest BCUT2D eigenvalue weighted by Crippen LogP contribution is -2.39. The smallest absolute Gasteiger partial charge is 0.279 e. The predicted octanol–water partition coefficient (Wildman–Crippen LogP) is -1.26. The Bertz CT molecular complexity index is 239. The number of nitrogens with zero attached hydrogens (tertiary/aromatic N) is 1. The standard InChI is InChI=1S/C6H15N3O2S/c1-7-6-3-4-9(5-6)12(10,11)8-2/h6-8H,3-5H2,1-2H3. The molecule has 0 aromatic rings. The minimum absolute atomic E-state index is 0.299. The van der Waals surface area contributed by atoms with E-state index in [0.717, 1.165) is 6.42 Å². The quantitative estimate of drug-likeness (QED) is 0.588. The molecule has 1 atom stereocenters. The molecule has 6 heteroatoms. The van der Waals surface area contributed by atoms with E-state index in [0.29, 0.717) is 19.1 Å². The highest BCUT2D eigenvalue weighted by molar-refractivity contribution is 7.87. The molecule has 0 spiro atoms. The van der Waals surface area contributed by atoms with Gasteiger partial charge in [-0.1, -0.05) is 0 Å². The van der Waals surface area contributed by atoms with Gasteiger partial charge in [0.2, 0.25) is 0 Å². The van der Waals surface area contributed by atoms with Crippen molar-refractivity contribution in [1.29, 1.82) is 0 Å². The molecule has 1 fully saturated rings. The van der Waals surface area contributed by atoms with Crippen LogP contribution < -0.4 is 10.0 Å². The lowest BCUT2D eigenvalue weighted by molar-refractivity contribution is 0.458. The summed E-state index contributed by atoms with van der Waals surface area (Å²) in [7, 11) is 0.0824. The van der Waals surface area contributed by atoms with E-state index in [4.69, 9.17) is 0 Å². The van der Waals surface area contributed by atoms with E-state index >= 15 is 0 Å². The van der Waals surface area contributed by atoms with Crippen LogP contribution in [0.3, 0.4) is 0 Å². The number of hydrogen-bond donors (Lipinski definition) is 2. The second kappa shape index (κ2) is 3.69. The molecule has 2 N–H and O–H groups in total. The monoisotopic (exact) mass is 193 g/mol. The molecule has 1 heterocycles. The molecule has 0 bridgehead atoms. The lowest BCUT2D eigenvalue weighted by atomic mass is 10.3. The fraction of sp³-hybridized carbons (Fsp3) is 1.00. The average Bonchev–Trinajstić information content (AvgIpc) is 2.52. The summed E-state index contributed by atoms with van der Waals surface area (Å²) in [6.45, 7) is 1.17. The first-order valence-corrected chi connectivity index (χ1v) is 5.40. The Morgan fingerprint density at radius 1 is 1.42 bits per heavy atom. The van der Waals surface area contributed by atoms with E-state index in [-0.39, 0.29) is 0 Å². The Balaban J connectivity index is 2.58. The van der Waals surface area contributed by atoms with Crippen molar-refractivity contribution in [2.75, 3.05) is 27.2 Å². The summed E-state index contributed by atoms with van der Waals surface area (Å²) < 4.78 is 26.3. The van der Waals surface area contributed by atoms with Crippen LogP contribution in [0.4, 0.5) is 0 Å². The largest absolute Gasteiger partial charge is 0.316 e. The SMILES string of the molecule is CNC1CCN(S(=O)(=O)NC)C1. The molecular weight excluding hydrogens is 178 g/mol. The van der Waals surface area contributed by atoms with Gasteiger partial charge in [0.15, 0.2) is 0 Å².